The third-order valence-corrected chi connectivity index (χ3v) is 5.61. The third-order valence-electron chi connectivity index (χ3n) is 4.24. The SMILES string of the molecule is CCC(=O)O.O=c1[nH]c2ccc(S(=O)(=O)Nc3ccc(O)cc3)cc2c2cc[nH]c12. The molecular formula is C20H19N3O6S. The Hall–Kier alpha value is -3.79. The van der Waals surface area contributed by atoms with Crippen LogP contribution >= 0.6 is 0 Å². The number of aromatic amines is 2. The Balaban J connectivity index is 0.000000461. The Labute approximate surface area is 171 Å². The van der Waals surface area contributed by atoms with Crippen molar-refractivity contribution in [1.29, 1.82) is 0 Å². The number of carbonyl (C=O) groups is 1. The first kappa shape index (κ1) is 20.9. The zero-order valence-electron chi connectivity index (χ0n) is 15.8. The molecule has 5 N–H and O–H groups in total. The van der Waals surface area contributed by atoms with E-state index in [1.54, 1.807) is 25.3 Å². The first-order chi connectivity index (χ1) is 14.2. The highest BCUT2D eigenvalue weighted by Gasteiger charge is 2.16. The molecule has 10 heteroatoms. The van der Waals surface area contributed by atoms with Crippen molar-refractivity contribution in [3.63, 3.8) is 0 Å². The number of benzene rings is 2. The van der Waals surface area contributed by atoms with Gasteiger partial charge in [0.05, 0.1) is 4.90 Å². The van der Waals surface area contributed by atoms with Crippen molar-refractivity contribution in [2.75, 3.05) is 4.72 Å². The van der Waals surface area contributed by atoms with Gasteiger partial charge in [0.25, 0.3) is 15.6 Å². The van der Waals surface area contributed by atoms with Gasteiger partial charge in [0.15, 0.2) is 0 Å². The number of hydrogen-bond acceptors (Lipinski definition) is 5. The lowest BCUT2D eigenvalue weighted by Gasteiger charge is -2.09. The van der Waals surface area contributed by atoms with E-state index >= 15 is 0 Å². The minimum atomic E-state index is -3.81. The maximum atomic E-state index is 12.6. The molecule has 0 atom stereocenters. The van der Waals surface area contributed by atoms with Gasteiger partial charge in [0.2, 0.25) is 0 Å². The molecule has 0 aliphatic carbocycles. The molecule has 0 radical (unpaired) electrons. The van der Waals surface area contributed by atoms with Crippen LogP contribution in [0.4, 0.5) is 5.69 Å². The monoisotopic (exact) mass is 429 g/mol. The fourth-order valence-corrected chi connectivity index (χ4v) is 3.82. The Bertz CT molecular complexity index is 1370. The first-order valence-corrected chi connectivity index (χ1v) is 10.4. The molecule has 0 aliphatic rings. The van der Waals surface area contributed by atoms with Crippen LogP contribution in [-0.2, 0) is 14.8 Å². The summed E-state index contributed by atoms with van der Waals surface area (Å²) in [5.74, 6) is -0.697. The zero-order chi connectivity index (χ0) is 21.9. The Morgan fingerprint density at radius 1 is 1.07 bits per heavy atom. The maximum absolute atomic E-state index is 12.6. The normalized spacial score (nSPS) is 11.1. The number of hydrogen-bond donors (Lipinski definition) is 5. The molecule has 0 fully saturated rings. The summed E-state index contributed by atoms with van der Waals surface area (Å²) in [6.07, 6.45) is 1.86. The molecule has 9 nitrogen and oxygen atoms in total. The maximum Gasteiger partial charge on any atom is 0.303 e. The first-order valence-electron chi connectivity index (χ1n) is 8.88. The largest absolute Gasteiger partial charge is 0.508 e. The van der Waals surface area contributed by atoms with Crippen molar-refractivity contribution in [2.45, 2.75) is 18.2 Å². The van der Waals surface area contributed by atoms with E-state index in [1.807, 2.05) is 0 Å². The number of phenolic OH excluding ortho intramolecular Hbond substituents is 1. The summed E-state index contributed by atoms with van der Waals surface area (Å²) >= 11 is 0. The smallest absolute Gasteiger partial charge is 0.303 e. The summed E-state index contributed by atoms with van der Waals surface area (Å²) in [5, 5.41) is 18.3. The number of rotatable bonds is 4. The van der Waals surface area contributed by atoms with Gasteiger partial charge in [-0.05, 0) is 48.5 Å². The number of sulfonamides is 1. The lowest BCUT2D eigenvalue weighted by Crippen LogP contribution is -2.13. The lowest BCUT2D eigenvalue weighted by molar-refractivity contribution is -0.136. The van der Waals surface area contributed by atoms with Gasteiger partial charge in [-0.1, -0.05) is 6.92 Å². The van der Waals surface area contributed by atoms with Crippen LogP contribution in [0.5, 0.6) is 5.75 Å². The second kappa shape index (κ2) is 8.29. The molecule has 2 aromatic heterocycles. The number of aromatic hydroxyl groups is 1. The summed E-state index contributed by atoms with van der Waals surface area (Å²) in [6, 6.07) is 12.0. The number of pyridine rings is 1. The van der Waals surface area contributed by atoms with E-state index in [2.05, 4.69) is 14.7 Å². The summed E-state index contributed by atoms with van der Waals surface area (Å²) in [5.41, 5.74) is 1.03. The fraction of sp³-hybridized carbons (Fsp3) is 0.100. The molecule has 30 heavy (non-hydrogen) atoms. The minimum absolute atomic E-state index is 0.0486. The quantitative estimate of drug-likeness (QED) is 0.314. The van der Waals surface area contributed by atoms with E-state index < -0.39 is 16.0 Å². The number of carboxylic acid groups (broad SMARTS) is 1. The van der Waals surface area contributed by atoms with Crippen LogP contribution in [0, 0.1) is 0 Å². The topological polar surface area (TPSA) is 152 Å². The average molecular weight is 429 g/mol. The summed E-state index contributed by atoms with van der Waals surface area (Å²) in [4.78, 5) is 27.0. The molecule has 0 saturated heterocycles. The molecule has 4 rings (SSSR count). The highest BCUT2D eigenvalue weighted by Crippen LogP contribution is 2.25. The molecule has 2 heterocycles. The number of anilines is 1. The molecule has 0 aliphatic heterocycles. The van der Waals surface area contributed by atoms with Gasteiger partial charge in [-0.15, -0.1) is 0 Å². The summed E-state index contributed by atoms with van der Waals surface area (Å²) in [6.45, 7) is 1.60. The molecule has 0 saturated carbocycles. The van der Waals surface area contributed by atoms with Crippen LogP contribution in [-0.4, -0.2) is 34.6 Å². The fourth-order valence-electron chi connectivity index (χ4n) is 2.73. The van der Waals surface area contributed by atoms with E-state index in [1.165, 1.54) is 36.4 Å². The van der Waals surface area contributed by atoms with E-state index in [0.717, 1.165) is 0 Å². The van der Waals surface area contributed by atoms with Crippen LogP contribution in [0.3, 0.4) is 0 Å². The Kier molecular flexibility index (Phi) is 5.79. The van der Waals surface area contributed by atoms with Gasteiger partial charge in [0, 0.05) is 34.6 Å². The molecule has 2 aromatic carbocycles. The highest BCUT2D eigenvalue weighted by molar-refractivity contribution is 7.92. The average Bonchev–Trinajstić information content (AvgIpc) is 3.21. The van der Waals surface area contributed by atoms with Gasteiger partial charge in [-0.2, -0.15) is 0 Å². The molecule has 0 bridgehead atoms. The second-order valence-corrected chi connectivity index (χ2v) is 8.01. The van der Waals surface area contributed by atoms with E-state index in [-0.39, 0.29) is 22.6 Å². The van der Waals surface area contributed by atoms with Crippen molar-refractivity contribution in [1.82, 2.24) is 9.97 Å². The lowest BCUT2D eigenvalue weighted by atomic mass is 10.1. The van der Waals surface area contributed by atoms with Crippen molar-refractivity contribution in [2.24, 2.45) is 0 Å². The van der Waals surface area contributed by atoms with Crippen LogP contribution in [0.2, 0.25) is 0 Å². The molecular weight excluding hydrogens is 410 g/mol. The van der Waals surface area contributed by atoms with Crippen molar-refractivity contribution >= 4 is 43.5 Å². The molecule has 156 valence electrons. The van der Waals surface area contributed by atoms with Gasteiger partial charge < -0.3 is 20.2 Å². The second-order valence-electron chi connectivity index (χ2n) is 6.33. The Morgan fingerprint density at radius 3 is 2.37 bits per heavy atom. The van der Waals surface area contributed by atoms with Crippen LogP contribution in [0.15, 0.2) is 64.4 Å². The number of aliphatic carboxylic acids is 1. The number of fused-ring (bicyclic) bond motifs is 3. The number of H-pyrrole nitrogens is 2. The predicted octanol–water partition coefficient (Wildman–Crippen LogP) is 3.00. The third kappa shape index (κ3) is 4.44. The van der Waals surface area contributed by atoms with Crippen molar-refractivity contribution in [3.8, 4) is 5.75 Å². The number of aromatic nitrogens is 2. The Morgan fingerprint density at radius 2 is 1.73 bits per heavy atom. The van der Waals surface area contributed by atoms with Crippen molar-refractivity contribution in [3.05, 3.63) is 65.1 Å². The summed E-state index contributed by atoms with van der Waals surface area (Å²) < 4.78 is 27.7. The predicted molar refractivity (Wildman–Crippen MR) is 113 cm³/mol. The van der Waals surface area contributed by atoms with Crippen molar-refractivity contribution < 1.29 is 23.4 Å². The minimum Gasteiger partial charge on any atom is -0.508 e. The summed E-state index contributed by atoms with van der Waals surface area (Å²) in [7, 11) is -3.81. The van der Waals surface area contributed by atoms with E-state index in [9.17, 15) is 23.1 Å². The molecule has 0 unspecified atom stereocenters. The molecule has 0 spiro atoms. The number of nitrogens with one attached hydrogen (secondary N) is 3. The zero-order valence-corrected chi connectivity index (χ0v) is 16.7. The highest BCUT2D eigenvalue weighted by atomic mass is 32.2. The van der Waals surface area contributed by atoms with Crippen LogP contribution in [0.25, 0.3) is 21.8 Å². The molecule has 0 amide bonds. The van der Waals surface area contributed by atoms with Crippen LogP contribution in [0.1, 0.15) is 13.3 Å². The standard InChI is InChI=1S/C17H13N3O4S.C3H6O2/c21-11-3-1-10(2-4-11)20-25(23,24)12-5-6-15-14(9-12)13-7-8-18-16(13)17(22)19-15;1-2-3(4)5/h1-9,18,20-21H,(H,19,22);2H2,1H3,(H,4,5). The number of carboxylic acids is 1. The number of phenols is 1. The van der Waals surface area contributed by atoms with Gasteiger partial charge in [-0.25, -0.2) is 8.42 Å². The van der Waals surface area contributed by atoms with E-state index in [4.69, 9.17) is 5.11 Å². The van der Waals surface area contributed by atoms with Gasteiger partial charge >= 0.3 is 5.97 Å². The van der Waals surface area contributed by atoms with Crippen LogP contribution < -0.4 is 10.3 Å². The molecule has 4 aromatic rings. The van der Waals surface area contributed by atoms with Gasteiger partial charge in [0.1, 0.15) is 11.3 Å². The van der Waals surface area contributed by atoms with Gasteiger partial charge in [-0.3, -0.25) is 14.3 Å². The van der Waals surface area contributed by atoms with E-state index in [0.29, 0.717) is 27.5 Å².